The Balaban J connectivity index is 2.62. The molecule has 3 nitrogen and oxygen atoms in total. The third-order valence-electron chi connectivity index (χ3n) is 3.08. The lowest BCUT2D eigenvalue weighted by atomic mass is 10.1. The fourth-order valence-corrected chi connectivity index (χ4v) is 2.67. The van der Waals surface area contributed by atoms with Crippen molar-refractivity contribution in [1.82, 2.24) is 4.98 Å². The van der Waals surface area contributed by atoms with Gasteiger partial charge in [0.1, 0.15) is 4.64 Å². The SMILES string of the molecule is CONc1c2cc(Cl)ccc2nc(=S)c2ccccc12. The van der Waals surface area contributed by atoms with E-state index in [0.717, 1.165) is 27.4 Å². The summed E-state index contributed by atoms with van der Waals surface area (Å²) in [6, 6.07) is 13.3. The van der Waals surface area contributed by atoms with Gasteiger partial charge in [0, 0.05) is 21.2 Å². The van der Waals surface area contributed by atoms with Gasteiger partial charge in [0.2, 0.25) is 0 Å². The molecule has 2 aromatic carbocycles. The van der Waals surface area contributed by atoms with E-state index in [-0.39, 0.29) is 0 Å². The first-order chi connectivity index (χ1) is 9.70. The van der Waals surface area contributed by atoms with E-state index in [1.807, 2.05) is 36.4 Å². The molecule has 0 bridgehead atoms. The molecule has 3 rings (SSSR count). The molecule has 0 saturated carbocycles. The Morgan fingerprint density at radius 3 is 2.60 bits per heavy atom. The highest BCUT2D eigenvalue weighted by Gasteiger charge is 2.08. The lowest BCUT2D eigenvalue weighted by Crippen LogP contribution is -1.96. The summed E-state index contributed by atoms with van der Waals surface area (Å²) >= 11 is 11.5. The van der Waals surface area contributed by atoms with Gasteiger partial charge in [-0.05, 0) is 18.2 Å². The molecule has 0 aliphatic rings. The Bertz CT molecular complexity index is 867. The standard InChI is InChI=1S/C15H11ClN2OS/c1-19-18-14-10-4-2-3-5-11(10)15(20)17-13-7-6-9(16)8-12(13)14/h2-8,18H,1H3. The fourth-order valence-electron chi connectivity index (χ4n) is 2.22. The molecule has 0 aliphatic heterocycles. The predicted octanol–water partition coefficient (Wildman–Crippen LogP) is 4.74. The minimum Gasteiger partial charge on any atom is -0.279 e. The third kappa shape index (κ3) is 2.22. The maximum atomic E-state index is 6.10. The van der Waals surface area contributed by atoms with Crippen molar-refractivity contribution < 1.29 is 4.84 Å². The van der Waals surface area contributed by atoms with Crippen LogP contribution >= 0.6 is 23.8 Å². The Labute approximate surface area is 126 Å². The summed E-state index contributed by atoms with van der Waals surface area (Å²) in [6.07, 6.45) is 0. The molecular weight excluding hydrogens is 292 g/mol. The maximum absolute atomic E-state index is 6.10. The molecule has 1 aromatic heterocycles. The fraction of sp³-hybridized carbons (Fsp3) is 0.0667. The summed E-state index contributed by atoms with van der Waals surface area (Å²) in [6.45, 7) is 0. The quantitative estimate of drug-likeness (QED) is 0.547. The van der Waals surface area contributed by atoms with Crippen LogP contribution in [0.4, 0.5) is 5.69 Å². The van der Waals surface area contributed by atoms with Crippen molar-refractivity contribution >= 4 is 51.2 Å². The van der Waals surface area contributed by atoms with Crippen molar-refractivity contribution in [2.24, 2.45) is 0 Å². The van der Waals surface area contributed by atoms with Crippen LogP contribution in [0.5, 0.6) is 0 Å². The van der Waals surface area contributed by atoms with Crippen LogP contribution in [-0.2, 0) is 4.84 Å². The van der Waals surface area contributed by atoms with Crippen LogP contribution in [-0.4, -0.2) is 12.1 Å². The number of fused-ring (bicyclic) bond motifs is 2. The van der Waals surface area contributed by atoms with E-state index in [1.165, 1.54) is 0 Å². The highest BCUT2D eigenvalue weighted by Crippen LogP contribution is 2.31. The lowest BCUT2D eigenvalue weighted by Gasteiger charge is -2.06. The number of aromatic nitrogens is 1. The van der Waals surface area contributed by atoms with Crippen LogP contribution < -0.4 is 5.48 Å². The minimum atomic E-state index is 0.553. The van der Waals surface area contributed by atoms with E-state index in [9.17, 15) is 0 Å². The smallest absolute Gasteiger partial charge is 0.134 e. The summed E-state index contributed by atoms with van der Waals surface area (Å²) in [4.78, 5) is 9.62. The molecule has 0 radical (unpaired) electrons. The van der Waals surface area contributed by atoms with Crippen LogP contribution in [0.2, 0.25) is 5.02 Å². The van der Waals surface area contributed by atoms with Crippen molar-refractivity contribution in [2.75, 3.05) is 12.6 Å². The largest absolute Gasteiger partial charge is 0.279 e. The van der Waals surface area contributed by atoms with Crippen molar-refractivity contribution in [2.45, 2.75) is 0 Å². The second-order valence-electron chi connectivity index (χ2n) is 4.31. The van der Waals surface area contributed by atoms with Gasteiger partial charge in [-0.1, -0.05) is 48.1 Å². The van der Waals surface area contributed by atoms with Crippen molar-refractivity contribution in [3.05, 3.63) is 52.1 Å². The molecule has 0 amide bonds. The zero-order chi connectivity index (χ0) is 14.1. The maximum Gasteiger partial charge on any atom is 0.134 e. The van der Waals surface area contributed by atoms with Crippen LogP contribution in [0, 0.1) is 4.64 Å². The molecule has 0 aliphatic carbocycles. The first kappa shape index (κ1) is 13.2. The van der Waals surface area contributed by atoms with E-state index >= 15 is 0 Å². The van der Waals surface area contributed by atoms with Gasteiger partial charge in [-0.3, -0.25) is 10.3 Å². The average molecular weight is 303 g/mol. The Kier molecular flexibility index (Phi) is 3.53. The number of nitrogens with zero attached hydrogens (tertiary/aromatic N) is 1. The number of hydrogen-bond donors (Lipinski definition) is 1. The number of benzene rings is 2. The topological polar surface area (TPSA) is 34.1 Å². The van der Waals surface area contributed by atoms with E-state index in [1.54, 1.807) is 13.2 Å². The van der Waals surface area contributed by atoms with Crippen LogP contribution in [0.25, 0.3) is 21.7 Å². The molecule has 1 heterocycles. The van der Waals surface area contributed by atoms with Gasteiger partial charge in [-0.2, -0.15) is 0 Å². The molecule has 3 aromatic rings. The molecule has 0 saturated heterocycles. The highest BCUT2D eigenvalue weighted by atomic mass is 35.5. The molecule has 20 heavy (non-hydrogen) atoms. The molecule has 5 heteroatoms. The molecule has 1 N–H and O–H groups in total. The van der Waals surface area contributed by atoms with Crippen molar-refractivity contribution in [3.63, 3.8) is 0 Å². The minimum absolute atomic E-state index is 0.553. The van der Waals surface area contributed by atoms with Crippen LogP contribution in [0.3, 0.4) is 0 Å². The third-order valence-corrected chi connectivity index (χ3v) is 3.63. The molecule has 100 valence electrons. The van der Waals surface area contributed by atoms with Gasteiger partial charge in [0.25, 0.3) is 0 Å². The van der Waals surface area contributed by atoms with Gasteiger partial charge < -0.3 is 0 Å². The lowest BCUT2D eigenvalue weighted by molar-refractivity contribution is 0.272. The summed E-state index contributed by atoms with van der Waals surface area (Å²) < 4.78 is 0.553. The first-order valence-electron chi connectivity index (χ1n) is 6.02. The second kappa shape index (κ2) is 5.32. The Morgan fingerprint density at radius 2 is 1.85 bits per heavy atom. The monoisotopic (exact) mass is 302 g/mol. The predicted molar refractivity (Wildman–Crippen MR) is 85.7 cm³/mol. The van der Waals surface area contributed by atoms with Crippen molar-refractivity contribution in [1.29, 1.82) is 0 Å². The molecule has 0 spiro atoms. The van der Waals surface area contributed by atoms with Crippen LogP contribution in [0.1, 0.15) is 0 Å². The van der Waals surface area contributed by atoms with E-state index in [0.29, 0.717) is 9.66 Å². The zero-order valence-corrected chi connectivity index (χ0v) is 12.3. The second-order valence-corrected chi connectivity index (χ2v) is 5.13. The summed E-state index contributed by atoms with van der Waals surface area (Å²) in [5, 5.41) is 3.35. The number of anilines is 1. The van der Waals surface area contributed by atoms with Gasteiger partial charge in [-0.25, -0.2) is 4.98 Å². The van der Waals surface area contributed by atoms with E-state index in [4.69, 9.17) is 28.7 Å². The van der Waals surface area contributed by atoms with Crippen LogP contribution in [0.15, 0.2) is 42.5 Å². The molecule has 0 unspecified atom stereocenters. The van der Waals surface area contributed by atoms with E-state index < -0.39 is 0 Å². The molecule has 0 fully saturated rings. The van der Waals surface area contributed by atoms with Gasteiger partial charge in [-0.15, -0.1) is 0 Å². The Morgan fingerprint density at radius 1 is 1.10 bits per heavy atom. The Hall–Kier alpha value is -1.75. The zero-order valence-electron chi connectivity index (χ0n) is 10.7. The summed E-state index contributed by atoms with van der Waals surface area (Å²) in [5.74, 6) is 0. The number of halogens is 1. The molecule has 0 atom stereocenters. The number of hydrogen-bond acceptors (Lipinski definition) is 4. The molecular formula is C15H11ClN2OS. The summed E-state index contributed by atoms with van der Waals surface area (Å²) in [5.41, 5.74) is 4.51. The van der Waals surface area contributed by atoms with E-state index in [2.05, 4.69) is 10.5 Å². The van der Waals surface area contributed by atoms with Crippen molar-refractivity contribution in [3.8, 4) is 0 Å². The summed E-state index contributed by atoms with van der Waals surface area (Å²) in [7, 11) is 1.57. The van der Waals surface area contributed by atoms with Gasteiger partial charge in [0.15, 0.2) is 0 Å². The number of nitrogens with one attached hydrogen (secondary N) is 1. The number of rotatable bonds is 2. The highest BCUT2D eigenvalue weighted by molar-refractivity contribution is 7.71. The normalized spacial score (nSPS) is 10.9. The van der Waals surface area contributed by atoms with Gasteiger partial charge in [0.05, 0.1) is 18.3 Å². The average Bonchev–Trinajstić information content (AvgIpc) is 2.57. The first-order valence-corrected chi connectivity index (χ1v) is 6.80. The van der Waals surface area contributed by atoms with Gasteiger partial charge >= 0.3 is 0 Å².